The summed E-state index contributed by atoms with van der Waals surface area (Å²) in [5.74, 6) is 1.44. The zero-order valence-electron chi connectivity index (χ0n) is 26.1. The van der Waals surface area contributed by atoms with Gasteiger partial charge in [-0.25, -0.2) is 4.98 Å². The number of allylic oxidation sites excluding steroid dienone is 2. The zero-order chi connectivity index (χ0) is 30.8. The number of nitrogens with one attached hydrogen (secondary N) is 2. The molecule has 2 saturated heterocycles. The maximum Gasteiger partial charge on any atom is 0.259 e. The van der Waals surface area contributed by atoms with E-state index in [4.69, 9.17) is 9.72 Å². The molecule has 3 aromatic heterocycles. The van der Waals surface area contributed by atoms with Crippen molar-refractivity contribution in [2.45, 2.75) is 51.1 Å². The highest BCUT2D eigenvalue weighted by atomic mass is 16.5. The topological polar surface area (TPSA) is 97.2 Å². The van der Waals surface area contributed by atoms with Crippen LogP contribution in [0.15, 0.2) is 78.0 Å². The lowest BCUT2D eigenvalue weighted by Gasteiger charge is -2.29. The first kappa shape index (κ1) is 29.4. The maximum atomic E-state index is 14.3. The second-order valence-electron chi connectivity index (χ2n) is 12.6. The van der Waals surface area contributed by atoms with E-state index < -0.39 is 0 Å². The van der Waals surface area contributed by atoms with Gasteiger partial charge in [-0.15, -0.1) is 0 Å². The van der Waals surface area contributed by atoms with Crippen LogP contribution in [-0.4, -0.2) is 63.8 Å². The van der Waals surface area contributed by atoms with Crippen LogP contribution in [0.25, 0.3) is 22.3 Å². The summed E-state index contributed by atoms with van der Waals surface area (Å²) >= 11 is 0. The zero-order valence-corrected chi connectivity index (χ0v) is 26.1. The average molecular weight is 604 g/mol. The Hall–Kier alpha value is -4.34. The Balaban J connectivity index is 1.21. The van der Waals surface area contributed by atoms with Crippen molar-refractivity contribution in [3.8, 4) is 0 Å². The fourth-order valence-corrected chi connectivity index (χ4v) is 6.80. The molecule has 6 heterocycles. The molecule has 7 rings (SSSR count). The molecular weight excluding hydrogens is 562 g/mol. The summed E-state index contributed by atoms with van der Waals surface area (Å²) in [6, 6.07) is 14.5. The number of fused-ring (bicyclic) bond motifs is 1. The summed E-state index contributed by atoms with van der Waals surface area (Å²) in [4.78, 5) is 30.4. The number of nitrogens with zero attached hydrogens (tertiary/aromatic N) is 5. The second kappa shape index (κ2) is 12.9. The van der Waals surface area contributed by atoms with E-state index in [9.17, 15) is 4.79 Å². The Kier molecular flexibility index (Phi) is 8.45. The standard InChI is InChI=1S/C36H41N7O2/c1-24-31(7-8-33(39-24)28-9-15-37-16-10-28)32-21-29-22-38-36(41-34(29)43(35(32)44)23-25-13-19-45-20-14-25)40-30-5-3-26(4-6-30)27-11-17-42(2)18-12-27/h3-10,15-16,21-22,24-25,27,39H,11-14,17-20,23H2,1-2H3,(H,38,40,41). The minimum Gasteiger partial charge on any atom is -0.381 e. The van der Waals surface area contributed by atoms with Crippen LogP contribution in [0.5, 0.6) is 0 Å². The number of piperidine rings is 1. The number of rotatable bonds is 7. The SMILES string of the molecule is CC1NC(c2ccncc2)=CC=C1c1cc2cnc(Nc3ccc(C4CCN(C)CC4)cc3)nc2n(CC2CCOCC2)c1=O. The number of dihydropyridines is 1. The normalized spacial score (nSPS) is 20.0. The van der Waals surface area contributed by atoms with Crippen molar-refractivity contribution >= 4 is 33.9 Å². The number of hydrogen-bond donors (Lipinski definition) is 2. The van der Waals surface area contributed by atoms with Crippen molar-refractivity contribution in [1.82, 2.24) is 29.7 Å². The third-order valence-corrected chi connectivity index (χ3v) is 9.54. The molecule has 1 aromatic carbocycles. The van der Waals surface area contributed by atoms with Gasteiger partial charge in [-0.2, -0.15) is 4.98 Å². The van der Waals surface area contributed by atoms with E-state index in [1.54, 1.807) is 12.4 Å². The predicted octanol–water partition coefficient (Wildman–Crippen LogP) is 5.58. The van der Waals surface area contributed by atoms with E-state index in [1.165, 1.54) is 18.4 Å². The molecule has 0 amide bonds. The molecule has 2 N–H and O–H groups in total. The Morgan fingerprint density at radius 3 is 2.49 bits per heavy atom. The third-order valence-electron chi connectivity index (χ3n) is 9.54. The number of pyridine rings is 2. The molecule has 1 atom stereocenters. The number of anilines is 2. The van der Waals surface area contributed by atoms with Gasteiger partial charge in [0.2, 0.25) is 5.95 Å². The average Bonchev–Trinajstić information content (AvgIpc) is 3.08. The van der Waals surface area contributed by atoms with Gasteiger partial charge < -0.3 is 20.3 Å². The summed E-state index contributed by atoms with van der Waals surface area (Å²) in [6.07, 6.45) is 13.7. The van der Waals surface area contributed by atoms with Crippen molar-refractivity contribution < 1.29 is 4.74 Å². The van der Waals surface area contributed by atoms with E-state index >= 15 is 0 Å². The van der Waals surface area contributed by atoms with Crippen molar-refractivity contribution in [3.63, 3.8) is 0 Å². The van der Waals surface area contributed by atoms with E-state index in [2.05, 4.69) is 69.8 Å². The minimum absolute atomic E-state index is 0.0261. The van der Waals surface area contributed by atoms with Gasteiger partial charge in [-0.1, -0.05) is 18.2 Å². The lowest BCUT2D eigenvalue weighted by molar-refractivity contribution is 0.0613. The Morgan fingerprint density at radius 1 is 1.00 bits per heavy atom. The van der Waals surface area contributed by atoms with Gasteiger partial charge in [0.05, 0.1) is 0 Å². The number of likely N-dealkylation sites (tertiary alicyclic amines) is 1. The van der Waals surface area contributed by atoms with E-state index in [1.807, 2.05) is 35.0 Å². The van der Waals surface area contributed by atoms with Crippen LogP contribution >= 0.6 is 0 Å². The van der Waals surface area contributed by atoms with Gasteiger partial charge in [0.25, 0.3) is 5.56 Å². The van der Waals surface area contributed by atoms with E-state index in [-0.39, 0.29) is 11.6 Å². The van der Waals surface area contributed by atoms with Crippen LogP contribution in [0.2, 0.25) is 0 Å². The molecule has 2 fully saturated rings. The summed E-state index contributed by atoms with van der Waals surface area (Å²) in [5.41, 5.74) is 6.64. The number of ether oxygens (including phenoxy) is 1. The smallest absolute Gasteiger partial charge is 0.259 e. The highest BCUT2D eigenvalue weighted by molar-refractivity contribution is 5.85. The van der Waals surface area contributed by atoms with Gasteiger partial charge in [0, 0.05) is 72.3 Å². The Labute approximate surface area is 264 Å². The largest absolute Gasteiger partial charge is 0.381 e. The predicted molar refractivity (Wildman–Crippen MR) is 179 cm³/mol. The van der Waals surface area contributed by atoms with Crippen molar-refractivity contribution in [1.29, 1.82) is 0 Å². The van der Waals surface area contributed by atoms with Gasteiger partial charge in [-0.3, -0.25) is 14.3 Å². The van der Waals surface area contributed by atoms with E-state index in [0.29, 0.717) is 35.5 Å². The quantitative estimate of drug-likeness (QED) is 0.283. The second-order valence-corrected chi connectivity index (χ2v) is 12.6. The van der Waals surface area contributed by atoms with Crippen molar-refractivity contribution in [2.75, 3.05) is 38.7 Å². The molecule has 0 saturated carbocycles. The molecule has 3 aliphatic rings. The molecule has 0 radical (unpaired) electrons. The molecule has 4 aromatic rings. The molecule has 0 bridgehead atoms. The molecule has 232 valence electrons. The molecule has 1 unspecified atom stereocenters. The fraction of sp³-hybridized carbons (Fsp3) is 0.389. The lowest BCUT2D eigenvalue weighted by Crippen LogP contribution is -2.34. The first-order valence-corrected chi connectivity index (χ1v) is 16.1. The summed E-state index contributed by atoms with van der Waals surface area (Å²) in [7, 11) is 2.19. The molecule has 0 aliphatic carbocycles. The molecule has 9 heteroatoms. The van der Waals surface area contributed by atoms with Crippen LogP contribution in [0.4, 0.5) is 11.6 Å². The Morgan fingerprint density at radius 2 is 1.76 bits per heavy atom. The fourth-order valence-electron chi connectivity index (χ4n) is 6.80. The van der Waals surface area contributed by atoms with Crippen LogP contribution in [0.1, 0.15) is 55.2 Å². The number of aromatic nitrogens is 4. The summed E-state index contributed by atoms with van der Waals surface area (Å²) in [5, 5.41) is 7.81. The summed E-state index contributed by atoms with van der Waals surface area (Å²) in [6.45, 7) is 6.42. The monoisotopic (exact) mass is 603 g/mol. The lowest BCUT2D eigenvalue weighted by atomic mass is 9.89. The van der Waals surface area contributed by atoms with Gasteiger partial charge >= 0.3 is 0 Å². The molecular formula is C36H41N7O2. The van der Waals surface area contributed by atoms with Crippen molar-refractivity contribution in [3.05, 3.63) is 100 Å². The highest BCUT2D eigenvalue weighted by Gasteiger charge is 2.24. The molecule has 45 heavy (non-hydrogen) atoms. The maximum absolute atomic E-state index is 14.3. The summed E-state index contributed by atoms with van der Waals surface area (Å²) < 4.78 is 7.49. The first-order valence-electron chi connectivity index (χ1n) is 16.1. The molecule has 3 aliphatic heterocycles. The third kappa shape index (κ3) is 6.41. The number of benzene rings is 1. The van der Waals surface area contributed by atoms with Gasteiger partial charge in [0.1, 0.15) is 5.65 Å². The Bertz CT molecular complexity index is 1770. The molecule has 0 spiro atoms. The van der Waals surface area contributed by atoms with E-state index in [0.717, 1.165) is 67.1 Å². The highest BCUT2D eigenvalue weighted by Crippen LogP contribution is 2.30. The van der Waals surface area contributed by atoms with Gasteiger partial charge in [0.15, 0.2) is 0 Å². The number of hydrogen-bond acceptors (Lipinski definition) is 8. The van der Waals surface area contributed by atoms with Crippen LogP contribution < -0.4 is 16.2 Å². The first-order chi connectivity index (χ1) is 22.0. The molecule has 9 nitrogen and oxygen atoms in total. The minimum atomic E-state index is -0.0563. The van der Waals surface area contributed by atoms with Crippen LogP contribution in [-0.2, 0) is 11.3 Å². The van der Waals surface area contributed by atoms with Crippen molar-refractivity contribution in [2.24, 2.45) is 5.92 Å². The van der Waals surface area contributed by atoms with Crippen LogP contribution in [0.3, 0.4) is 0 Å². The van der Waals surface area contributed by atoms with Crippen LogP contribution in [0, 0.1) is 5.92 Å². The van der Waals surface area contributed by atoms with Gasteiger partial charge in [-0.05, 0) is 112 Å².